The molecule has 110 valence electrons. The van der Waals surface area contributed by atoms with Crippen molar-refractivity contribution in [3.63, 3.8) is 0 Å². The van der Waals surface area contributed by atoms with Crippen LogP contribution < -0.4 is 4.74 Å². The van der Waals surface area contributed by atoms with Crippen LogP contribution in [-0.2, 0) is 9.84 Å². The van der Waals surface area contributed by atoms with Crippen LogP contribution in [0.2, 0.25) is 0 Å². The molecule has 1 saturated carbocycles. The van der Waals surface area contributed by atoms with Gasteiger partial charge in [-0.1, -0.05) is 18.2 Å². The third-order valence-corrected chi connectivity index (χ3v) is 6.20. The Morgan fingerprint density at radius 3 is 2.10 bits per heavy atom. The fraction of sp³-hybridized carbons (Fsp3) is 0.294. The van der Waals surface area contributed by atoms with Gasteiger partial charge in [-0.05, 0) is 62.1 Å². The number of ether oxygens (including phenoxy) is 1. The summed E-state index contributed by atoms with van der Waals surface area (Å²) < 4.78 is 30.6. The van der Waals surface area contributed by atoms with Crippen LogP contribution in [0.4, 0.5) is 0 Å². The fourth-order valence-corrected chi connectivity index (χ4v) is 4.08. The van der Waals surface area contributed by atoms with E-state index in [0.717, 1.165) is 18.6 Å². The summed E-state index contributed by atoms with van der Waals surface area (Å²) in [5, 5.41) is -0.293. The van der Waals surface area contributed by atoms with E-state index < -0.39 is 9.84 Å². The van der Waals surface area contributed by atoms with Gasteiger partial charge >= 0.3 is 0 Å². The number of benzene rings is 2. The molecular weight excluding hydrogens is 284 g/mol. The Morgan fingerprint density at radius 1 is 0.952 bits per heavy atom. The zero-order valence-corrected chi connectivity index (χ0v) is 12.7. The largest absolute Gasteiger partial charge is 0.457 e. The summed E-state index contributed by atoms with van der Waals surface area (Å²) in [6.07, 6.45) is 2.05. The molecule has 0 aromatic heterocycles. The third kappa shape index (κ3) is 3.10. The Morgan fingerprint density at radius 2 is 1.52 bits per heavy atom. The van der Waals surface area contributed by atoms with Crippen molar-refractivity contribution in [2.24, 2.45) is 5.92 Å². The lowest BCUT2D eigenvalue weighted by atomic mass is 10.3. The monoisotopic (exact) mass is 302 g/mol. The van der Waals surface area contributed by atoms with Gasteiger partial charge in [0.25, 0.3) is 0 Å². The molecule has 1 aliphatic carbocycles. The summed E-state index contributed by atoms with van der Waals surface area (Å²) in [5.41, 5.74) is 0. The lowest BCUT2D eigenvalue weighted by Gasteiger charge is -2.12. The minimum Gasteiger partial charge on any atom is -0.457 e. The van der Waals surface area contributed by atoms with Gasteiger partial charge in [-0.15, -0.1) is 0 Å². The normalized spacial score (nSPS) is 16.4. The van der Waals surface area contributed by atoms with Gasteiger partial charge in [-0.2, -0.15) is 0 Å². The van der Waals surface area contributed by atoms with E-state index in [1.54, 1.807) is 31.2 Å². The van der Waals surface area contributed by atoms with Crippen molar-refractivity contribution < 1.29 is 13.2 Å². The first-order valence-corrected chi connectivity index (χ1v) is 8.69. The van der Waals surface area contributed by atoms with Crippen LogP contribution in [0.1, 0.15) is 19.8 Å². The highest BCUT2D eigenvalue weighted by Gasteiger charge is 2.37. The van der Waals surface area contributed by atoms with Crippen LogP contribution in [0.3, 0.4) is 0 Å². The molecule has 0 N–H and O–H groups in total. The molecule has 2 aromatic rings. The van der Waals surface area contributed by atoms with E-state index in [-0.39, 0.29) is 5.25 Å². The molecule has 0 aliphatic heterocycles. The molecule has 0 spiro atoms. The first kappa shape index (κ1) is 14.1. The van der Waals surface area contributed by atoms with Gasteiger partial charge in [0.2, 0.25) is 0 Å². The molecule has 1 aliphatic rings. The van der Waals surface area contributed by atoms with Crippen molar-refractivity contribution in [3.8, 4) is 11.5 Å². The molecule has 0 unspecified atom stereocenters. The average Bonchev–Trinajstić information content (AvgIpc) is 3.33. The summed E-state index contributed by atoms with van der Waals surface area (Å²) in [6.45, 7) is 1.81. The maximum atomic E-state index is 12.4. The van der Waals surface area contributed by atoms with Crippen LogP contribution in [-0.4, -0.2) is 13.7 Å². The Hall–Kier alpha value is -1.81. The SMILES string of the molecule is C[C@H](C1CC1)S(=O)(=O)c1ccc(Oc2ccccc2)cc1. The fourth-order valence-electron chi connectivity index (χ4n) is 2.36. The molecule has 0 amide bonds. The minimum absolute atomic E-state index is 0.293. The molecule has 1 fully saturated rings. The quantitative estimate of drug-likeness (QED) is 0.837. The molecule has 3 rings (SSSR count). The van der Waals surface area contributed by atoms with Gasteiger partial charge < -0.3 is 4.74 Å². The molecule has 0 radical (unpaired) electrons. The molecular formula is C17H18O3S. The van der Waals surface area contributed by atoms with Crippen molar-refractivity contribution in [1.82, 2.24) is 0 Å². The maximum absolute atomic E-state index is 12.4. The van der Waals surface area contributed by atoms with Crippen molar-refractivity contribution in [2.75, 3.05) is 0 Å². The second kappa shape index (κ2) is 5.53. The summed E-state index contributed by atoms with van der Waals surface area (Å²) in [7, 11) is -3.22. The van der Waals surface area contributed by atoms with E-state index in [2.05, 4.69) is 0 Å². The summed E-state index contributed by atoms with van der Waals surface area (Å²) >= 11 is 0. The molecule has 0 heterocycles. The van der Waals surface area contributed by atoms with E-state index in [4.69, 9.17) is 4.74 Å². The van der Waals surface area contributed by atoms with Crippen LogP contribution >= 0.6 is 0 Å². The number of sulfone groups is 1. The van der Waals surface area contributed by atoms with Crippen molar-refractivity contribution in [1.29, 1.82) is 0 Å². The molecule has 0 bridgehead atoms. The topological polar surface area (TPSA) is 43.4 Å². The van der Waals surface area contributed by atoms with Crippen LogP contribution in [0, 0.1) is 5.92 Å². The standard InChI is InChI=1S/C17H18O3S/c1-13(14-7-8-14)21(18,19)17-11-9-16(10-12-17)20-15-5-3-2-4-6-15/h2-6,9-14H,7-8H2,1H3/t13-/m1/s1. The number of hydrogen-bond donors (Lipinski definition) is 0. The van der Waals surface area contributed by atoms with Gasteiger partial charge in [-0.3, -0.25) is 0 Å². The highest BCUT2D eigenvalue weighted by molar-refractivity contribution is 7.92. The van der Waals surface area contributed by atoms with Gasteiger partial charge in [0.15, 0.2) is 9.84 Å². The zero-order chi connectivity index (χ0) is 14.9. The Kier molecular flexibility index (Phi) is 3.72. The smallest absolute Gasteiger partial charge is 0.181 e. The van der Waals surface area contributed by atoms with Crippen LogP contribution in [0.15, 0.2) is 59.5 Å². The maximum Gasteiger partial charge on any atom is 0.181 e. The van der Waals surface area contributed by atoms with Gasteiger partial charge in [0, 0.05) is 0 Å². The van der Waals surface area contributed by atoms with E-state index >= 15 is 0 Å². The first-order chi connectivity index (χ1) is 10.1. The highest BCUT2D eigenvalue weighted by Crippen LogP contribution is 2.38. The van der Waals surface area contributed by atoms with E-state index in [9.17, 15) is 8.42 Å². The number of hydrogen-bond acceptors (Lipinski definition) is 3. The highest BCUT2D eigenvalue weighted by atomic mass is 32.2. The van der Waals surface area contributed by atoms with Crippen molar-refractivity contribution in [3.05, 3.63) is 54.6 Å². The van der Waals surface area contributed by atoms with E-state index in [1.165, 1.54) is 0 Å². The predicted octanol–water partition coefficient (Wildman–Crippen LogP) is 4.05. The number of rotatable bonds is 5. The first-order valence-electron chi connectivity index (χ1n) is 7.14. The summed E-state index contributed by atoms with van der Waals surface area (Å²) in [6, 6.07) is 16.1. The molecule has 4 heteroatoms. The Labute approximate surface area is 125 Å². The minimum atomic E-state index is -3.22. The van der Waals surface area contributed by atoms with Crippen LogP contribution in [0.25, 0.3) is 0 Å². The second-order valence-electron chi connectivity index (χ2n) is 5.47. The predicted molar refractivity (Wildman–Crippen MR) is 82.3 cm³/mol. The van der Waals surface area contributed by atoms with Gasteiger partial charge in [-0.25, -0.2) is 8.42 Å². The molecule has 0 saturated heterocycles. The van der Waals surface area contributed by atoms with Gasteiger partial charge in [0.1, 0.15) is 11.5 Å². The Balaban J connectivity index is 1.77. The molecule has 1 atom stereocenters. The summed E-state index contributed by atoms with van der Waals surface area (Å²) in [4.78, 5) is 0.377. The molecule has 21 heavy (non-hydrogen) atoms. The lowest BCUT2D eigenvalue weighted by Crippen LogP contribution is -2.19. The zero-order valence-electron chi connectivity index (χ0n) is 11.9. The van der Waals surface area contributed by atoms with Crippen molar-refractivity contribution >= 4 is 9.84 Å². The molecule has 2 aromatic carbocycles. The summed E-state index contributed by atoms with van der Waals surface area (Å²) in [5.74, 6) is 1.70. The van der Waals surface area contributed by atoms with Crippen molar-refractivity contribution in [2.45, 2.75) is 29.9 Å². The number of para-hydroxylation sites is 1. The Bertz CT molecular complexity index is 701. The van der Waals surface area contributed by atoms with E-state index in [0.29, 0.717) is 16.6 Å². The average molecular weight is 302 g/mol. The molecule has 3 nitrogen and oxygen atoms in total. The van der Waals surface area contributed by atoms with E-state index in [1.807, 2.05) is 30.3 Å². The van der Waals surface area contributed by atoms with Crippen LogP contribution in [0.5, 0.6) is 11.5 Å². The second-order valence-corrected chi connectivity index (χ2v) is 7.78. The third-order valence-electron chi connectivity index (χ3n) is 3.91. The lowest BCUT2D eigenvalue weighted by molar-refractivity contribution is 0.482. The van der Waals surface area contributed by atoms with Gasteiger partial charge in [0.05, 0.1) is 10.1 Å².